The Hall–Kier alpha value is 8.34. The average Bonchev–Trinajstić information content (AvgIpc) is 3.40. The molecule has 27 unspecified atom stereocenters. The van der Waals surface area contributed by atoms with Crippen LogP contribution in [0.4, 0.5) is 0 Å². The maximum Gasteiger partial charge on any atom is 0.0226 e. The molecule has 0 aromatic carbocycles. The van der Waals surface area contributed by atoms with Gasteiger partial charge in [-0.2, -0.15) is 0 Å². The Labute approximate surface area is 316 Å². The summed E-state index contributed by atoms with van der Waals surface area (Å²) in [6, 6.07) is 0. The molecule has 3 saturated carbocycles. The second-order valence-electron chi connectivity index (χ2n) is 14.6. The zero-order valence-corrected chi connectivity index (χ0v) is 48.5. The maximum absolute atomic E-state index is 3.55. The third-order valence-corrected chi connectivity index (χ3v) is 71.0. The predicted molar refractivity (Wildman–Crippen MR) is 278 cm³/mol. The van der Waals surface area contributed by atoms with E-state index in [1.807, 2.05) is 5.57 Å². The highest BCUT2D eigenvalue weighted by molar-refractivity contribution is 8.87. The fraction of sp³-hybridized carbons (Fsp3) is 0.920. The summed E-state index contributed by atoms with van der Waals surface area (Å²) in [4.78, 5) is 0. The first-order valence-corrected chi connectivity index (χ1v) is 48.6. The number of rotatable bonds is 13. The first-order valence-electron chi connectivity index (χ1n) is 15.9. The summed E-state index contributed by atoms with van der Waals surface area (Å²) in [5, 5.41) is 0.972. The van der Waals surface area contributed by atoms with Gasteiger partial charge >= 0.3 is 0 Å². The van der Waals surface area contributed by atoms with Crippen molar-refractivity contribution in [1.82, 2.24) is 0 Å². The second kappa shape index (κ2) is 19.9. The van der Waals surface area contributed by atoms with Gasteiger partial charge in [-0.3, -0.25) is 0 Å². The molecule has 4 rings (SSSR count). The minimum Gasteiger partial charge on any atom is -0.114 e. The van der Waals surface area contributed by atoms with Crippen molar-refractivity contribution in [3.8, 4) is 0 Å². The molecule has 3 fully saturated rings. The van der Waals surface area contributed by atoms with Crippen LogP contribution in [0.25, 0.3) is 0 Å². The van der Waals surface area contributed by atoms with Crippen molar-refractivity contribution in [3.05, 3.63) is 11.6 Å². The molecule has 45 heavy (non-hydrogen) atoms. The van der Waals surface area contributed by atoms with Crippen LogP contribution in [0.15, 0.2) is 11.6 Å². The zero-order valence-electron chi connectivity index (χ0n) is 27.4. The van der Waals surface area contributed by atoms with E-state index in [0.29, 0.717) is 10.3 Å². The molecule has 27 atom stereocenters. The van der Waals surface area contributed by atoms with Crippen molar-refractivity contribution in [1.29, 1.82) is 0 Å². The molecule has 0 nitrogen and oxygen atoms in total. The Morgan fingerprint density at radius 2 is 1.56 bits per heavy atom. The first-order chi connectivity index (χ1) is 21.0. The molecule has 4 aliphatic rings. The van der Waals surface area contributed by atoms with E-state index in [1.165, 1.54) is 51.4 Å². The van der Waals surface area contributed by atoms with E-state index >= 15 is 0 Å². The van der Waals surface area contributed by atoms with Gasteiger partial charge in [0.15, 0.2) is 0 Å². The highest BCUT2D eigenvalue weighted by Crippen LogP contribution is 2.95. The standard InChI is InChI=1S/C25H62P20/c1-14-7-11-24(37-26)16-9-12-25(43(32)39-28)17(5-6-19(25)23(3,4)10-8-15(2)41(31)44(33)34)20(16)22(42(38-27)45(35)36)21(40(29)30)18(24)13-14/h6,14-18,20-22,37-39H,5,7-13,26-36H2,1-4H3. The lowest BCUT2D eigenvalue weighted by molar-refractivity contribution is 0.00781. The molecule has 262 valence electrons. The van der Waals surface area contributed by atoms with Crippen LogP contribution in [-0.4, -0.2) is 27.3 Å². The predicted octanol–water partition coefficient (Wildman–Crippen LogP) is 16.1. The molecule has 0 aromatic heterocycles. The Bertz CT molecular complexity index is 1020. The van der Waals surface area contributed by atoms with E-state index in [9.17, 15) is 0 Å². The summed E-state index contributed by atoms with van der Waals surface area (Å²) in [7, 11) is 39.4. The van der Waals surface area contributed by atoms with Crippen LogP contribution in [0, 0.1) is 35.0 Å². The lowest BCUT2D eigenvalue weighted by Gasteiger charge is -2.69. The fourth-order valence-corrected chi connectivity index (χ4v) is 59.3. The monoisotopic (exact) mass is 982 g/mol. The Morgan fingerprint density at radius 3 is 2.09 bits per heavy atom. The Morgan fingerprint density at radius 1 is 0.889 bits per heavy atom. The summed E-state index contributed by atoms with van der Waals surface area (Å²) in [6.45, 7) is 10.4. The summed E-state index contributed by atoms with van der Waals surface area (Å²) in [6.07, 6.45) is 14.4. The molecule has 0 spiro atoms. The summed E-state index contributed by atoms with van der Waals surface area (Å²) in [5.74, 6) is 4.48. The molecule has 0 aromatic rings. The van der Waals surface area contributed by atoms with Gasteiger partial charge in [-0.1, -0.05) is 85.4 Å². The summed E-state index contributed by atoms with van der Waals surface area (Å²) in [5.41, 5.74) is 4.81. The molecule has 0 aliphatic heterocycles. The number of hydrogen-bond donors (Lipinski definition) is 0. The third kappa shape index (κ3) is 9.47. The topological polar surface area (TPSA) is 0 Å². The van der Waals surface area contributed by atoms with E-state index < -0.39 is 0 Å². The third-order valence-electron chi connectivity index (χ3n) is 12.1. The average molecular weight is 982 g/mol. The highest BCUT2D eigenvalue weighted by atomic mass is 32.9. The smallest absolute Gasteiger partial charge is 0.0226 e. The quantitative estimate of drug-likeness (QED) is 0.127. The van der Waals surface area contributed by atoms with Crippen LogP contribution in [0.3, 0.4) is 0 Å². The zero-order chi connectivity index (χ0) is 33.6. The van der Waals surface area contributed by atoms with Crippen molar-refractivity contribution in [2.75, 3.05) is 0 Å². The van der Waals surface area contributed by atoms with Gasteiger partial charge in [0.25, 0.3) is 0 Å². The van der Waals surface area contributed by atoms with Crippen LogP contribution in [0.1, 0.15) is 79.1 Å². The van der Waals surface area contributed by atoms with E-state index in [2.05, 4.69) is 132 Å². The summed E-state index contributed by atoms with van der Waals surface area (Å²) >= 11 is 0. The molecule has 0 radical (unpaired) electrons. The molecule has 0 bridgehead atoms. The molecular weight excluding hydrogens is 920 g/mol. The Kier molecular flexibility index (Phi) is 20.3. The number of fused-ring (bicyclic) bond motifs is 5. The van der Waals surface area contributed by atoms with Gasteiger partial charge in [0.2, 0.25) is 0 Å². The molecule has 0 saturated heterocycles. The van der Waals surface area contributed by atoms with Crippen LogP contribution in [-0.2, 0) is 0 Å². The minimum atomic E-state index is -0.155. The molecule has 20 heteroatoms. The van der Waals surface area contributed by atoms with Crippen molar-refractivity contribution >= 4 is 166 Å². The molecule has 0 heterocycles. The van der Waals surface area contributed by atoms with Crippen LogP contribution >= 0.6 is 166 Å². The van der Waals surface area contributed by atoms with E-state index in [-0.39, 0.29) is 48.6 Å². The van der Waals surface area contributed by atoms with E-state index in [0.717, 1.165) is 70.8 Å². The largest absolute Gasteiger partial charge is 0.114 e. The van der Waals surface area contributed by atoms with Crippen LogP contribution in [0.2, 0.25) is 0 Å². The van der Waals surface area contributed by atoms with Crippen molar-refractivity contribution < 1.29 is 0 Å². The SMILES string of the molecule is CC1CCC2(PP)C3CCC4(P(P)PP)C(C(C)(C)CCC(C)P(P)P(P)P)=CCC4C3C(P(PP)P(P)P)C(P(P)P)C2C1. The minimum absolute atomic E-state index is 0.00727. The number of allylic oxidation sites excluding steroid dienone is 2. The van der Waals surface area contributed by atoms with E-state index in [1.54, 1.807) is 0 Å². The van der Waals surface area contributed by atoms with Crippen molar-refractivity contribution in [2.24, 2.45) is 35.0 Å². The fourth-order valence-electron chi connectivity index (χ4n) is 10.1. The van der Waals surface area contributed by atoms with Crippen LogP contribution < -0.4 is 0 Å². The van der Waals surface area contributed by atoms with Gasteiger partial charge in [-0.25, -0.2) is 0 Å². The van der Waals surface area contributed by atoms with Gasteiger partial charge < -0.3 is 0 Å². The Balaban J connectivity index is 1.84. The van der Waals surface area contributed by atoms with Gasteiger partial charge in [0.05, 0.1) is 0 Å². The molecule has 4 aliphatic carbocycles. The van der Waals surface area contributed by atoms with Crippen molar-refractivity contribution in [2.45, 2.75) is 106 Å². The lowest BCUT2D eigenvalue weighted by atomic mass is 9.50. The number of hydrogen-bond acceptors (Lipinski definition) is 0. The summed E-state index contributed by atoms with van der Waals surface area (Å²) < 4.78 is 0. The highest BCUT2D eigenvalue weighted by Gasteiger charge is 2.68. The van der Waals surface area contributed by atoms with Gasteiger partial charge in [-0.15, -0.1) is 98.2 Å². The van der Waals surface area contributed by atoms with Gasteiger partial charge in [0, 0.05) is 5.16 Å². The van der Waals surface area contributed by atoms with Crippen molar-refractivity contribution in [3.63, 3.8) is 0 Å². The molecule has 0 amide bonds. The van der Waals surface area contributed by atoms with Gasteiger partial charge in [0.1, 0.15) is 0 Å². The lowest BCUT2D eigenvalue weighted by Crippen LogP contribution is -2.65. The van der Waals surface area contributed by atoms with E-state index in [4.69, 9.17) is 0 Å². The maximum atomic E-state index is 3.55. The van der Waals surface area contributed by atoms with Gasteiger partial charge in [-0.05, 0) is 130 Å². The normalized spacial score (nSPS) is 40.5. The van der Waals surface area contributed by atoms with Crippen LogP contribution in [0.5, 0.6) is 0 Å². The molecule has 0 N–H and O–H groups in total. The first kappa shape index (κ1) is 46.0. The second-order valence-corrected chi connectivity index (χ2v) is 67.2. The molecular formula is C25H62P20.